The van der Waals surface area contributed by atoms with E-state index in [9.17, 15) is 4.79 Å². The number of carbonyl (C=O) groups is 1. The van der Waals surface area contributed by atoms with Crippen molar-refractivity contribution >= 4 is 23.6 Å². The molecule has 1 heterocycles. The number of aliphatic imine (C=N–C) groups is 1. The zero-order valence-electron chi connectivity index (χ0n) is 16.5. The first-order valence-corrected chi connectivity index (χ1v) is 8.57. The molecule has 0 amide bonds. The van der Waals surface area contributed by atoms with Crippen LogP contribution < -0.4 is 19.1 Å². The predicted molar refractivity (Wildman–Crippen MR) is 107 cm³/mol. The molecule has 28 heavy (non-hydrogen) atoms. The molecule has 0 fully saturated rings. The Morgan fingerprint density at radius 3 is 2.07 bits per heavy atom. The van der Waals surface area contributed by atoms with Crippen molar-refractivity contribution in [3.8, 4) is 17.2 Å². The van der Waals surface area contributed by atoms with Gasteiger partial charge >= 0.3 is 5.97 Å². The largest absolute Gasteiger partial charge is 0.493 e. The summed E-state index contributed by atoms with van der Waals surface area (Å²) in [4.78, 5) is 18.6. The van der Waals surface area contributed by atoms with Crippen molar-refractivity contribution in [1.82, 2.24) is 0 Å². The minimum Gasteiger partial charge on any atom is -0.493 e. The van der Waals surface area contributed by atoms with Gasteiger partial charge in [-0.2, -0.15) is 0 Å². The van der Waals surface area contributed by atoms with Crippen LogP contribution >= 0.6 is 0 Å². The van der Waals surface area contributed by atoms with E-state index in [4.69, 9.17) is 18.9 Å². The maximum atomic E-state index is 12.3. The van der Waals surface area contributed by atoms with Crippen molar-refractivity contribution in [2.75, 3.05) is 40.3 Å². The molecule has 7 nitrogen and oxygen atoms in total. The number of cyclic esters (lactones) is 1. The minimum atomic E-state index is -0.513. The van der Waals surface area contributed by atoms with Crippen molar-refractivity contribution in [1.29, 1.82) is 0 Å². The molecule has 146 valence electrons. The van der Waals surface area contributed by atoms with Crippen LogP contribution in [0.25, 0.3) is 6.08 Å². The fourth-order valence-corrected chi connectivity index (χ4v) is 2.76. The van der Waals surface area contributed by atoms with Crippen molar-refractivity contribution < 1.29 is 23.7 Å². The lowest BCUT2D eigenvalue weighted by molar-refractivity contribution is -0.129. The highest BCUT2D eigenvalue weighted by molar-refractivity contribution is 6.13. The maximum Gasteiger partial charge on any atom is 0.363 e. The number of hydrogen-bond donors (Lipinski definition) is 0. The van der Waals surface area contributed by atoms with Crippen LogP contribution in [0, 0.1) is 0 Å². The van der Waals surface area contributed by atoms with Gasteiger partial charge in [0.15, 0.2) is 17.2 Å². The molecule has 1 aliphatic rings. The van der Waals surface area contributed by atoms with Crippen molar-refractivity contribution in [2.24, 2.45) is 4.99 Å². The lowest BCUT2D eigenvalue weighted by Crippen LogP contribution is -2.08. The third-order valence-corrected chi connectivity index (χ3v) is 4.25. The van der Waals surface area contributed by atoms with Crippen molar-refractivity contribution in [3.05, 3.63) is 53.2 Å². The Bertz CT molecular complexity index is 921. The van der Waals surface area contributed by atoms with E-state index in [1.54, 1.807) is 18.2 Å². The van der Waals surface area contributed by atoms with Crippen molar-refractivity contribution in [3.63, 3.8) is 0 Å². The highest BCUT2D eigenvalue weighted by atomic mass is 16.6. The molecular formula is C21H22N2O5. The van der Waals surface area contributed by atoms with Gasteiger partial charge in [0.25, 0.3) is 0 Å². The summed E-state index contributed by atoms with van der Waals surface area (Å²) in [6.45, 7) is 0. The van der Waals surface area contributed by atoms with Crippen LogP contribution in [0.3, 0.4) is 0 Å². The molecule has 0 radical (unpaired) electrons. The number of esters is 1. The first-order chi connectivity index (χ1) is 13.5. The highest BCUT2D eigenvalue weighted by Crippen LogP contribution is 2.39. The molecule has 2 aromatic rings. The van der Waals surface area contributed by atoms with Crippen molar-refractivity contribution in [2.45, 2.75) is 0 Å². The number of rotatable bonds is 6. The standard InChI is InChI=1S/C21H22N2O5/c1-23(2)15-8-6-13(7-9-15)10-16-21(24)28-20(22-16)14-11-17(25-3)19(27-5)18(12-14)26-4/h6-12H,1-5H3/b16-10-. The third-order valence-electron chi connectivity index (χ3n) is 4.25. The Kier molecular flexibility index (Phi) is 5.54. The molecule has 0 atom stereocenters. The summed E-state index contributed by atoms with van der Waals surface area (Å²) in [5.74, 6) is 1.02. The zero-order chi connectivity index (χ0) is 20.3. The molecule has 0 bridgehead atoms. The first-order valence-electron chi connectivity index (χ1n) is 8.57. The Morgan fingerprint density at radius 1 is 0.964 bits per heavy atom. The normalized spacial score (nSPS) is 14.5. The Hall–Kier alpha value is -3.48. The number of nitrogens with zero attached hydrogens (tertiary/aromatic N) is 2. The SMILES string of the molecule is COc1cc(C2=N/C(=C\c3ccc(N(C)C)cc3)C(=O)O2)cc(OC)c1OC. The summed E-state index contributed by atoms with van der Waals surface area (Å²) in [6.07, 6.45) is 1.69. The van der Waals surface area contributed by atoms with E-state index in [2.05, 4.69) is 4.99 Å². The summed E-state index contributed by atoms with van der Waals surface area (Å²) in [5.41, 5.74) is 2.70. The Morgan fingerprint density at radius 2 is 1.57 bits per heavy atom. The number of anilines is 1. The van der Waals surface area contributed by atoms with Crippen LogP contribution in [-0.2, 0) is 9.53 Å². The van der Waals surface area contributed by atoms with Gasteiger partial charge in [-0.05, 0) is 35.9 Å². The molecule has 0 saturated carbocycles. The van der Waals surface area contributed by atoms with Gasteiger partial charge < -0.3 is 23.8 Å². The quantitative estimate of drug-likeness (QED) is 0.565. The molecule has 0 N–H and O–H groups in total. The van der Waals surface area contributed by atoms with E-state index in [0.717, 1.165) is 11.3 Å². The summed E-state index contributed by atoms with van der Waals surface area (Å²) >= 11 is 0. The molecule has 0 unspecified atom stereocenters. The lowest BCUT2D eigenvalue weighted by Gasteiger charge is -2.13. The van der Waals surface area contributed by atoms with Crippen LogP contribution in [0.15, 0.2) is 47.1 Å². The summed E-state index contributed by atoms with van der Waals surface area (Å²) in [7, 11) is 8.50. The van der Waals surface area contributed by atoms with Gasteiger partial charge in [0.2, 0.25) is 11.6 Å². The second-order valence-corrected chi connectivity index (χ2v) is 6.24. The van der Waals surface area contributed by atoms with Gasteiger partial charge in [-0.15, -0.1) is 0 Å². The molecule has 0 spiro atoms. The van der Waals surface area contributed by atoms with Gasteiger partial charge in [-0.1, -0.05) is 12.1 Å². The molecule has 3 rings (SSSR count). The molecule has 1 aliphatic heterocycles. The zero-order valence-corrected chi connectivity index (χ0v) is 16.5. The number of hydrogen-bond acceptors (Lipinski definition) is 7. The van der Waals surface area contributed by atoms with Crippen LogP contribution in [0.5, 0.6) is 17.2 Å². The van der Waals surface area contributed by atoms with E-state index >= 15 is 0 Å². The fraction of sp³-hybridized carbons (Fsp3) is 0.238. The van der Waals surface area contributed by atoms with E-state index in [1.807, 2.05) is 43.3 Å². The highest BCUT2D eigenvalue weighted by Gasteiger charge is 2.26. The molecule has 0 saturated heterocycles. The average Bonchev–Trinajstić information content (AvgIpc) is 3.07. The average molecular weight is 382 g/mol. The second-order valence-electron chi connectivity index (χ2n) is 6.24. The summed E-state index contributed by atoms with van der Waals surface area (Å²) < 4.78 is 21.3. The summed E-state index contributed by atoms with van der Waals surface area (Å²) in [6, 6.07) is 11.1. The van der Waals surface area contributed by atoms with Crippen LogP contribution in [0.1, 0.15) is 11.1 Å². The van der Waals surface area contributed by atoms with Gasteiger partial charge in [-0.25, -0.2) is 9.79 Å². The number of benzene rings is 2. The maximum absolute atomic E-state index is 12.3. The number of methoxy groups -OCH3 is 3. The Labute approximate surface area is 163 Å². The molecule has 0 aliphatic carbocycles. The molecule has 7 heteroatoms. The lowest BCUT2D eigenvalue weighted by atomic mass is 10.1. The molecule has 0 aromatic heterocycles. The van der Waals surface area contributed by atoms with Crippen LogP contribution in [-0.4, -0.2) is 47.3 Å². The summed E-state index contributed by atoms with van der Waals surface area (Å²) in [5, 5.41) is 0. The van der Waals surface area contributed by atoms with E-state index in [1.165, 1.54) is 21.3 Å². The van der Waals surface area contributed by atoms with Gasteiger partial charge in [0.05, 0.1) is 21.3 Å². The minimum absolute atomic E-state index is 0.181. The fourth-order valence-electron chi connectivity index (χ4n) is 2.76. The third kappa shape index (κ3) is 3.78. The predicted octanol–water partition coefficient (Wildman–Crippen LogP) is 3.12. The topological polar surface area (TPSA) is 69.6 Å². The van der Waals surface area contributed by atoms with Gasteiger partial charge in [0, 0.05) is 25.3 Å². The Balaban J connectivity index is 1.95. The van der Waals surface area contributed by atoms with E-state index in [-0.39, 0.29) is 11.6 Å². The number of carbonyl (C=O) groups excluding carboxylic acids is 1. The van der Waals surface area contributed by atoms with Gasteiger partial charge in [0.1, 0.15) is 0 Å². The first kappa shape index (κ1) is 19.3. The van der Waals surface area contributed by atoms with Gasteiger partial charge in [-0.3, -0.25) is 0 Å². The van der Waals surface area contributed by atoms with E-state index in [0.29, 0.717) is 22.8 Å². The second kappa shape index (κ2) is 8.04. The number of ether oxygens (including phenoxy) is 4. The monoisotopic (exact) mass is 382 g/mol. The van der Waals surface area contributed by atoms with Crippen LogP contribution in [0.4, 0.5) is 5.69 Å². The molecular weight excluding hydrogens is 360 g/mol. The van der Waals surface area contributed by atoms with Crippen LogP contribution in [0.2, 0.25) is 0 Å². The van der Waals surface area contributed by atoms with E-state index < -0.39 is 5.97 Å². The molecule has 2 aromatic carbocycles. The smallest absolute Gasteiger partial charge is 0.363 e.